The largest absolute Gasteiger partial charge is 0.497 e. The molecule has 3 atom stereocenters. The molecule has 6 nitrogen and oxygen atoms in total. The predicted octanol–water partition coefficient (Wildman–Crippen LogP) is 13.8. The van der Waals surface area contributed by atoms with Crippen molar-refractivity contribution in [2.45, 2.75) is 89.8 Å². The molecule has 4 aliphatic carbocycles. The maximum absolute atomic E-state index is 7.99. The highest BCUT2D eigenvalue weighted by molar-refractivity contribution is 6.10. The zero-order valence-corrected chi connectivity index (χ0v) is 39.5. The molecule has 6 heteroatoms. The van der Waals surface area contributed by atoms with E-state index in [1.165, 1.54) is 64.6 Å². The molecule has 6 aliphatic rings. The van der Waals surface area contributed by atoms with E-state index in [-0.39, 0.29) is 22.3 Å². The van der Waals surface area contributed by atoms with Crippen LogP contribution in [-0.2, 0) is 15.8 Å². The molecule has 3 unspecified atom stereocenters. The van der Waals surface area contributed by atoms with E-state index >= 15 is 0 Å². The molecule has 0 N–H and O–H groups in total. The van der Waals surface area contributed by atoms with Gasteiger partial charge in [-0.05, 0) is 155 Å². The van der Waals surface area contributed by atoms with Gasteiger partial charge in [0.1, 0.15) is 29.1 Å². The Kier molecular flexibility index (Phi) is 9.74. The Morgan fingerprint density at radius 3 is 1.95 bits per heavy atom. The van der Waals surface area contributed by atoms with Crippen molar-refractivity contribution >= 4 is 22.5 Å². The molecule has 2 heterocycles. The molecule has 2 aliphatic heterocycles. The second-order valence-corrected chi connectivity index (χ2v) is 22.0. The molecule has 6 aromatic rings. The quantitative estimate of drug-likeness (QED) is 0.152. The maximum Gasteiger partial charge on any atom is 0.178 e. The summed E-state index contributed by atoms with van der Waals surface area (Å²) in [6.07, 6.45) is 13.3. The van der Waals surface area contributed by atoms with Crippen molar-refractivity contribution < 1.29 is 23.7 Å². The van der Waals surface area contributed by atoms with Gasteiger partial charge in [-0.2, -0.15) is 0 Å². The van der Waals surface area contributed by atoms with Crippen LogP contribution >= 0.6 is 0 Å². The number of rotatable bonds is 8. The van der Waals surface area contributed by atoms with Crippen molar-refractivity contribution in [3.8, 4) is 45.3 Å². The van der Waals surface area contributed by atoms with E-state index in [1.807, 2.05) is 24.3 Å². The molecule has 0 amide bonds. The summed E-state index contributed by atoms with van der Waals surface area (Å²) in [6, 6.07) is 40.2. The van der Waals surface area contributed by atoms with Crippen molar-refractivity contribution in [2.24, 2.45) is 22.7 Å². The summed E-state index contributed by atoms with van der Waals surface area (Å²) in [4.78, 5) is 2.43. The van der Waals surface area contributed by atoms with E-state index in [0.717, 1.165) is 102 Å². The number of anilines is 1. The van der Waals surface area contributed by atoms with Crippen LogP contribution in [0.1, 0.15) is 100 Å². The van der Waals surface area contributed by atoms with Crippen molar-refractivity contribution in [1.29, 1.82) is 0 Å². The average Bonchev–Trinajstić information content (AvgIpc) is 4.03. The summed E-state index contributed by atoms with van der Waals surface area (Å²) in [7, 11) is 3.44. The first-order valence-corrected chi connectivity index (χ1v) is 24.5. The SMILES string of the molecule is COc1ccc(C2(c3ccc(OC)cc3)C=Cc3c4c(c5cc(OC6CC7CCC6C7)c(-c6ccc(N7CCOCC7)cc6)cc5c3O2)-c2ccccc2C42CC(C)(C)CC(C)(C)C2)cc1. The molecule has 6 aromatic carbocycles. The average molecular weight is 878 g/mol. The second kappa shape index (κ2) is 15.4. The van der Waals surface area contributed by atoms with Gasteiger partial charge in [-0.25, -0.2) is 0 Å². The maximum atomic E-state index is 7.99. The van der Waals surface area contributed by atoms with Crippen LogP contribution in [0.3, 0.4) is 0 Å². The highest BCUT2D eigenvalue weighted by atomic mass is 16.5. The van der Waals surface area contributed by atoms with E-state index in [1.54, 1.807) is 14.2 Å². The Labute approximate surface area is 390 Å². The van der Waals surface area contributed by atoms with Crippen LogP contribution in [0, 0.1) is 22.7 Å². The van der Waals surface area contributed by atoms with E-state index in [0.29, 0.717) is 5.92 Å². The summed E-state index contributed by atoms with van der Waals surface area (Å²) in [5.74, 6) is 4.89. The van der Waals surface area contributed by atoms with E-state index in [2.05, 4.69) is 130 Å². The molecule has 0 aromatic heterocycles. The van der Waals surface area contributed by atoms with Gasteiger partial charge in [-0.3, -0.25) is 0 Å². The van der Waals surface area contributed by atoms with E-state index in [4.69, 9.17) is 23.7 Å². The summed E-state index contributed by atoms with van der Waals surface area (Å²) < 4.78 is 32.6. The molecule has 12 rings (SSSR count). The Hall–Kier alpha value is -5.72. The molecule has 338 valence electrons. The lowest BCUT2D eigenvalue weighted by Gasteiger charge is -2.52. The normalized spacial score (nSPS) is 23.5. The highest BCUT2D eigenvalue weighted by Crippen LogP contribution is 2.67. The van der Waals surface area contributed by atoms with Crippen LogP contribution in [0.2, 0.25) is 0 Å². The van der Waals surface area contributed by atoms with Gasteiger partial charge in [0.25, 0.3) is 0 Å². The smallest absolute Gasteiger partial charge is 0.178 e. The Morgan fingerprint density at radius 1 is 0.667 bits per heavy atom. The molecular formula is C60H63NO5. The monoisotopic (exact) mass is 877 g/mol. The first-order chi connectivity index (χ1) is 32.0. The molecule has 1 saturated heterocycles. The Bertz CT molecular complexity index is 2800. The van der Waals surface area contributed by atoms with Crippen LogP contribution in [0.25, 0.3) is 39.1 Å². The van der Waals surface area contributed by atoms with Crippen LogP contribution in [0.15, 0.2) is 115 Å². The third kappa shape index (κ3) is 6.67. The molecular weight excluding hydrogens is 815 g/mol. The first-order valence-electron chi connectivity index (χ1n) is 24.5. The Balaban J connectivity index is 1.15. The van der Waals surface area contributed by atoms with Crippen LogP contribution in [-0.4, -0.2) is 46.6 Å². The minimum Gasteiger partial charge on any atom is -0.497 e. The zero-order chi connectivity index (χ0) is 45.0. The summed E-state index contributed by atoms with van der Waals surface area (Å²) >= 11 is 0. The minimum absolute atomic E-state index is 0.112. The van der Waals surface area contributed by atoms with E-state index in [9.17, 15) is 0 Å². The van der Waals surface area contributed by atoms with Gasteiger partial charge >= 0.3 is 0 Å². The van der Waals surface area contributed by atoms with Crippen molar-refractivity contribution in [1.82, 2.24) is 0 Å². The minimum atomic E-state index is -0.950. The zero-order valence-electron chi connectivity index (χ0n) is 39.5. The predicted molar refractivity (Wildman–Crippen MR) is 266 cm³/mol. The number of hydrogen-bond acceptors (Lipinski definition) is 6. The number of morpholine rings is 1. The second-order valence-electron chi connectivity index (χ2n) is 22.0. The summed E-state index contributed by atoms with van der Waals surface area (Å²) in [6.45, 7) is 13.3. The van der Waals surface area contributed by atoms with Gasteiger partial charge in [-0.15, -0.1) is 0 Å². The van der Waals surface area contributed by atoms with Gasteiger partial charge in [-0.1, -0.05) is 94.4 Å². The summed E-state index contributed by atoms with van der Waals surface area (Å²) in [5, 5.41) is 2.31. The lowest BCUT2D eigenvalue weighted by Crippen LogP contribution is -2.44. The van der Waals surface area contributed by atoms with Crippen LogP contribution < -0.4 is 23.8 Å². The molecule has 3 saturated carbocycles. The number of hydrogen-bond donors (Lipinski definition) is 0. The first kappa shape index (κ1) is 41.7. The molecule has 66 heavy (non-hydrogen) atoms. The van der Waals surface area contributed by atoms with Gasteiger partial charge in [0, 0.05) is 51.8 Å². The van der Waals surface area contributed by atoms with E-state index < -0.39 is 5.60 Å². The molecule has 4 fully saturated rings. The van der Waals surface area contributed by atoms with Crippen molar-refractivity contribution in [3.63, 3.8) is 0 Å². The van der Waals surface area contributed by atoms with Crippen molar-refractivity contribution in [3.05, 3.63) is 143 Å². The van der Waals surface area contributed by atoms with Gasteiger partial charge in [0.15, 0.2) is 5.60 Å². The molecule has 1 spiro atoms. The highest BCUT2D eigenvalue weighted by Gasteiger charge is 2.56. The molecule has 0 radical (unpaired) electrons. The number of nitrogens with zero attached hydrogens (tertiary/aromatic N) is 1. The number of fused-ring (bicyclic) bond motifs is 12. The van der Waals surface area contributed by atoms with Crippen LogP contribution in [0.4, 0.5) is 5.69 Å². The number of methoxy groups -OCH3 is 2. The van der Waals surface area contributed by atoms with Crippen LogP contribution in [0.5, 0.6) is 23.0 Å². The topological polar surface area (TPSA) is 49.4 Å². The number of benzene rings is 6. The van der Waals surface area contributed by atoms with Crippen molar-refractivity contribution in [2.75, 3.05) is 45.4 Å². The van der Waals surface area contributed by atoms with Gasteiger partial charge in [0.05, 0.1) is 27.4 Å². The lowest BCUT2D eigenvalue weighted by atomic mass is 9.52. The fraction of sp³-hybridized carbons (Fsp3) is 0.400. The fourth-order valence-corrected chi connectivity index (χ4v) is 14.3. The standard InChI is InChI=1S/C60H63NO5/c1-57(2)35-58(3,4)37-59(36-57)51-10-8-7-9-46(51)54-49-34-53(65-52-32-38-11-12-40(52)31-38)48(39-13-19-43(20-14-39)61-27-29-64-30-28-61)33-50(49)56-47(55(54)59)25-26-60(66-56,41-15-21-44(62-5)22-16-41)42-17-23-45(63-6)24-18-42/h7-10,13-26,33-34,38,40,52H,11-12,27-32,35-37H2,1-6H3. The number of ether oxygens (including phenoxy) is 5. The lowest BCUT2D eigenvalue weighted by molar-refractivity contribution is 0.0641. The van der Waals surface area contributed by atoms with Gasteiger partial charge < -0.3 is 28.6 Å². The third-order valence-corrected chi connectivity index (χ3v) is 16.4. The third-order valence-electron chi connectivity index (χ3n) is 16.4. The Morgan fingerprint density at radius 2 is 1.33 bits per heavy atom. The molecule has 2 bridgehead atoms. The van der Waals surface area contributed by atoms with Gasteiger partial charge in [0.2, 0.25) is 0 Å². The summed E-state index contributed by atoms with van der Waals surface area (Å²) in [5.41, 5.74) is 11.3. The fourth-order valence-electron chi connectivity index (χ4n) is 14.3.